The van der Waals surface area contributed by atoms with Gasteiger partial charge in [0.05, 0.1) is 0 Å². The van der Waals surface area contributed by atoms with Gasteiger partial charge in [-0.2, -0.15) is 0 Å². The zero-order chi connectivity index (χ0) is 11.1. The molecular formula is C13H18N2. The maximum absolute atomic E-state index is 5.71. The van der Waals surface area contributed by atoms with Crippen molar-refractivity contribution in [3.05, 3.63) is 35.4 Å². The highest BCUT2D eigenvalue weighted by Crippen LogP contribution is 2.12. The Morgan fingerprint density at radius 2 is 2.07 bits per heavy atom. The molecule has 0 saturated heterocycles. The van der Waals surface area contributed by atoms with Crippen molar-refractivity contribution >= 4 is 0 Å². The standard InChI is InChI=1S/C13H18N2/c1-3-4-9-15-13(10-14)12-7-5-11(2)6-8-12/h1,5-8,13,15H,4,9-10,14H2,2H3. The lowest BCUT2D eigenvalue weighted by Gasteiger charge is -2.16. The zero-order valence-corrected chi connectivity index (χ0v) is 9.16. The molecule has 0 bridgehead atoms. The van der Waals surface area contributed by atoms with E-state index in [1.54, 1.807) is 0 Å². The first-order valence-electron chi connectivity index (χ1n) is 5.21. The van der Waals surface area contributed by atoms with Crippen LogP contribution in [0.1, 0.15) is 23.6 Å². The van der Waals surface area contributed by atoms with E-state index >= 15 is 0 Å². The minimum Gasteiger partial charge on any atom is -0.329 e. The van der Waals surface area contributed by atoms with Crippen LogP contribution in [0.5, 0.6) is 0 Å². The monoisotopic (exact) mass is 202 g/mol. The fourth-order valence-corrected chi connectivity index (χ4v) is 1.45. The highest BCUT2D eigenvalue weighted by atomic mass is 14.9. The van der Waals surface area contributed by atoms with Crippen LogP contribution >= 0.6 is 0 Å². The Hall–Kier alpha value is -1.30. The predicted octanol–water partition coefficient (Wildman–Crippen LogP) is 1.61. The Labute approximate surface area is 91.9 Å². The lowest BCUT2D eigenvalue weighted by atomic mass is 10.1. The van der Waals surface area contributed by atoms with E-state index in [-0.39, 0.29) is 6.04 Å². The Kier molecular flexibility index (Phi) is 4.89. The summed E-state index contributed by atoms with van der Waals surface area (Å²) in [6.07, 6.45) is 5.93. The van der Waals surface area contributed by atoms with E-state index in [2.05, 4.69) is 42.4 Å². The number of nitrogens with two attached hydrogens (primary N) is 1. The van der Waals surface area contributed by atoms with Crippen LogP contribution in [0.25, 0.3) is 0 Å². The number of terminal acetylenes is 1. The summed E-state index contributed by atoms with van der Waals surface area (Å²) in [5, 5.41) is 3.34. The van der Waals surface area contributed by atoms with Gasteiger partial charge in [-0.05, 0) is 12.5 Å². The molecule has 80 valence electrons. The van der Waals surface area contributed by atoms with Gasteiger partial charge >= 0.3 is 0 Å². The van der Waals surface area contributed by atoms with Gasteiger partial charge in [-0.1, -0.05) is 29.8 Å². The molecule has 0 radical (unpaired) electrons. The van der Waals surface area contributed by atoms with E-state index in [4.69, 9.17) is 12.2 Å². The maximum Gasteiger partial charge on any atom is 0.0444 e. The second-order valence-electron chi connectivity index (χ2n) is 3.61. The van der Waals surface area contributed by atoms with Gasteiger partial charge in [0, 0.05) is 25.6 Å². The van der Waals surface area contributed by atoms with E-state index in [1.807, 2.05) is 0 Å². The third-order valence-corrected chi connectivity index (χ3v) is 2.38. The van der Waals surface area contributed by atoms with Crippen molar-refractivity contribution in [1.82, 2.24) is 5.32 Å². The minimum atomic E-state index is 0.207. The fourth-order valence-electron chi connectivity index (χ4n) is 1.45. The summed E-state index contributed by atoms with van der Waals surface area (Å²) < 4.78 is 0. The normalized spacial score (nSPS) is 12.1. The molecule has 2 nitrogen and oxygen atoms in total. The van der Waals surface area contributed by atoms with E-state index in [0.29, 0.717) is 6.54 Å². The summed E-state index contributed by atoms with van der Waals surface area (Å²) >= 11 is 0. The smallest absolute Gasteiger partial charge is 0.0444 e. The first-order valence-corrected chi connectivity index (χ1v) is 5.21. The van der Waals surface area contributed by atoms with Gasteiger partial charge < -0.3 is 11.1 Å². The molecule has 0 aliphatic rings. The van der Waals surface area contributed by atoms with Crippen LogP contribution in [-0.4, -0.2) is 13.1 Å². The molecule has 1 aromatic rings. The highest BCUT2D eigenvalue weighted by Gasteiger charge is 2.07. The van der Waals surface area contributed by atoms with Crippen LogP contribution in [0.15, 0.2) is 24.3 Å². The van der Waals surface area contributed by atoms with Gasteiger partial charge in [0.1, 0.15) is 0 Å². The fraction of sp³-hybridized carbons (Fsp3) is 0.385. The quantitative estimate of drug-likeness (QED) is 0.562. The molecule has 0 aliphatic carbocycles. The van der Waals surface area contributed by atoms with Gasteiger partial charge in [0.15, 0.2) is 0 Å². The molecule has 1 atom stereocenters. The van der Waals surface area contributed by atoms with Crippen LogP contribution in [0.4, 0.5) is 0 Å². The van der Waals surface area contributed by atoms with Crippen LogP contribution in [-0.2, 0) is 0 Å². The van der Waals surface area contributed by atoms with Crippen molar-refractivity contribution < 1.29 is 0 Å². The van der Waals surface area contributed by atoms with Gasteiger partial charge in [-0.3, -0.25) is 0 Å². The average Bonchev–Trinajstić information content (AvgIpc) is 2.26. The van der Waals surface area contributed by atoms with Gasteiger partial charge in [-0.25, -0.2) is 0 Å². The predicted molar refractivity (Wildman–Crippen MR) is 64.4 cm³/mol. The van der Waals surface area contributed by atoms with Gasteiger partial charge in [-0.15, -0.1) is 12.3 Å². The van der Waals surface area contributed by atoms with Crippen molar-refractivity contribution in [3.63, 3.8) is 0 Å². The number of nitrogens with one attached hydrogen (secondary N) is 1. The van der Waals surface area contributed by atoms with E-state index in [1.165, 1.54) is 11.1 Å². The molecule has 0 amide bonds. The van der Waals surface area contributed by atoms with Crippen LogP contribution in [0.3, 0.4) is 0 Å². The van der Waals surface area contributed by atoms with Gasteiger partial charge in [0.2, 0.25) is 0 Å². The second-order valence-corrected chi connectivity index (χ2v) is 3.61. The van der Waals surface area contributed by atoms with Gasteiger partial charge in [0.25, 0.3) is 0 Å². The molecule has 1 unspecified atom stereocenters. The summed E-state index contributed by atoms with van der Waals surface area (Å²) in [4.78, 5) is 0. The Balaban J connectivity index is 2.58. The Bertz CT molecular complexity index is 321. The van der Waals surface area contributed by atoms with Crippen LogP contribution < -0.4 is 11.1 Å². The Morgan fingerprint density at radius 1 is 1.40 bits per heavy atom. The second kappa shape index (κ2) is 6.23. The maximum atomic E-state index is 5.71. The molecule has 0 saturated carbocycles. The molecule has 0 spiro atoms. The zero-order valence-electron chi connectivity index (χ0n) is 9.16. The van der Waals surface area contributed by atoms with Crippen molar-refractivity contribution in [3.8, 4) is 12.3 Å². The number of aryl methyl sites for hydroxylation is 1. The molecule has 15 heavy (non-hydrogen) atoms. The third kappa shape index (κ3) is 3.75. The molecule has 0 aromatic heterocycles. The average molecular weight is 202 g/mol. The number of hydrogen-bond acceptors (Lipinski definition) is 2. The molecule has 1 rings (SSSR count). The molecule has 1 aromatic carbocycles. The van der Waals surface area contributed by atoms with Crippen molar-refractivity contribution in [2.75, 3.05) is 13.1 Å². The van der Waals surface area contributed by atoms with Crippen molar-refractivity contribution in [1.29, 1.82) is 0 Å². The summed E-state index contributed by atoms with van der Waals surface area (Å²) in [6, 6.07) is 8.62. The SMILES string of the molecule is C#CCCNC(CN)c1ccc(C)cc1. The molecule has 0 fully saturated rings. The topological polar surface area (TPSA) is 38.0 Å². The number of hydrogen-bond donors (Lipinski definition) is 2. The summed E-state index contributed by atoms with van der Waals surface area (Å²) in [5.74, 6) is 2.60. The van der Waals surface area contributed by atoms with Crippen molar-refractivity contribution in [2.45, 2.75) is 19.4 Å². The largest absolute Gasteiger partial charge is 0.329 e. The molecule has 0 heterocycles. The van der Waals surface area contributed by atoms with E-state index in [9.17, 15) is 0 Å². The van der Waals surface area contributed by atoms with Crippen LogP contribution in [0, 0.1) is 19.3 Å². The van der Waals surface area contributed by atoms with E-state index < -0.39 is 0 Å². The minimum absolute atomic E-state index is 0.207. The Morgan fingerprint density at radius 3 is 2.60 bits per heavy atom. The summed E-state index contributed by atoms with van der Waals surface area (Å²) in [5.41, 5.74) is 8.20. The molecule has 2 heteroatoms. The first kappa shape index (κ1) is 11.8. The highest BCUT2D eigenvalue weighted by molar-refractivity contribution is 5.24. The third-order valence-electron chi connectivity index (χ3n) is 2.38. The number of benzene rings is 1. The lowest BCUT2D eigenvalue weighted by Crippen LogP contribution is -2.28. The summed E-state index contributed by atoms with van der Waals surface area (Å²) in [6.45, 7) is 3.48. The van der Waals surface area contributed by atoms with Crippen LogP contribution in [0.2, 0.25) is 0 Å². The molecule has 0 aliphatic heterocycles. The summed E-state index contributed by atoms with van der Waals surface area (Å²) in [7, 11) is 0. The lowest BCUT2D eigenvalue weighted by molar-refractivity contribution is 0.550. The van der Waals surface area contributed by atoms with Crippen molar-refractivity contribution in [2.24, 2.45) is 5.73 Å². The number of rotatable bonds is 5. The molecular weight excluding hydrogens is 184 g/mol. The first-order chi connectivity index (χ1) is 7.27. The van der Waals surface area contributed by atoms with E-state index in [0.717, 1.165) is 13.0 Å². The molecule has 3 N–H and O–H groups in total.